The Balaban J connectivity index is 1.92. The predicted octanol–water partition coefficient (Wildman–Crippen LogP) is 0.889. The van der Waals surface area contributed by atoms with Gasteiger partial charge in [0.05, 0.1) is 19.3 Å². The Morgan fingerprint density at radius 2 is 2.35 bits per heavy atom. The van der Waals surface area contributed by atoms with E-state index in [1.807, 2.05) is 0 Å². The van der Waals surface area contributed by atoms with Gasteiger partial charge in [-0.1, -0.05) is 0 Å². The summed E-state index contributed by atoms with van der Waals surface area (Å²) in [6.07, 6.45) is 0.496. The molecule has 3 N–H and O–H groups in total. The van der Waals surface area contributed by atoms with Crippen molar-refractivity contribution in [3.8, 4) is 5.75 Å². The molecule has 1 aromatic carbocycles. The lowest BCUT2D eigenvalue weighted by Crippen LogP contribution is -2.44. The van der Waals surface area contributed by atoms with Crippen LogP contribution in [0.2, 0.25) is 0 Å². The molecule has 0 aliphatic carbocycles. The number of carbonyl (C=O) groups excluding carboxylic acids is 1. The van der Waals surface area contributed by atoms with Crippen molar-refractivity contribution < 1.29 is 28.5 Å². The normalized spacial score (nSPS) is 14.6. The fourth-order valence-corrected chi connectivity index (χ4v) is 2.27. The predicted molar refractivity (Wildman–Crippen MR) is 79.4 cm³/mol. The topological polar surface area (TPSA) is 89.1 Å². The Hall–Kier alpha value is -1.90. The van der Waals surface area contributed by atoms with Crippen LogP contribution in [-0.4, -0.2) is 44.3 Å². The number of fused-ring (bicyclic) bond motifs is 1. The summed E-state index contributed by atoms with van der Waals surface area (Å²) < 4.78 is 29.0. The van der Waals surface area contributed by atoms with Crippen LogP contribution >= 0.6 is 0 Å². The molecule has 0 saturated carbocycles. The van der Waals surface area contributed by atoms with Gasteiger partial charge in [-0.05, 0) is 18.6 Å². The van der Waals surface area contributed by atoms with Crippen molar-refractivity contribution in [2.24, 2.45) is 0 Å². The van der Waals surface area contributed by atoms with Crippen LogP contribution in [0.5, 0.6) is 5.75 Å². The van der Waals surface area contributed by atoms with Crippen LogP contribution in [0.3, 0.4) is 0 Å². The Labute approximate surface area is 133 Å². The third kappa shape index (κ3) is 5.05. The zero-order valence-electron chi connectivity index (χ0n) is 12.9. The summed E-state index contributed by atoms with van der Waals surface area (Å²) in [6.45, 7) is 0.717. The molecule has 0 aromatic heterocycles. The summed E-state index contributed by atoms with van der Waals surface area (Å²) in [5.74, 6) is 0.124. The largest absolute Gasteiger partial charge is 0.467 e. The van der Waals surface area contributed by atoms with Gasteiger partial charge in [-0.15, -0.1) is 0 Å². The fraction of sp³-hybridized carbons (Fsp3) is 0.533. The summed E-state index contributed by atoms with van der Waals surface area (Å²) in [7, 11) is 1.55. The second kappa shape index (κ2) is 8.66. The second-order valence-corrected chi connectivity index (χ2v) is 5.15. The highest BCUT2D eigenvalue weighted by atomic mass is 19.1. The van der Waals surface area contributed by atoms with E-state index in [9.17, 15) is 14.3 Å². The van der Waals surface area contributed by atoms with Gasteiger partial charge in [-0.2, -0.15) is 0 Å². The zero-order chi connectivity index (χ0) is 16.7. The molecule has 0 spiro atoms. The van der Waals surface area contributed by atoms with Gasteiger partial charge in [0.25, 0.3) is 0 Å². The summed E-state index contributed by atoms with van der Waals surface area (Å²) in [5.41, 5.74) is 1.15. The molecule has 0 bridgehead atoms. The van der Waals surface area contributed by atoms with E-state index in [-0.39, 0.29) is 26.6 Å². The minimum absolute atomic E-state index is 0.0986. The molecule has 1 aromatic rings. The van der Waals surface area contributed by atoms with Crippen molar-refractivity contribution in [3.05, 3.63) is 29.1 Å². The minimum atomic E-state index is -0.453. The van der Waals surface area contributed by atoms with Gasteiger partial charge in [-0.3, -0.25) is 0 Å². The average molecular weight is 328 g/mol. The molecule has 7 nitrogen and oxygen atoms in total. The maximum Gasteiger partial charge on any atom is 0.315 e. The average Bonchev–Trinajstić information content (AvgIpc) is 2.56. The molecule has 0 unspecified atom stereocenters. The molecule has 0 saturated heterocycles. The number of urea groups is 1. The number of aliphatic hydroxyl groups is 1. The van der Waals surface area contributed by atoms with Crippen LogP contribution in [0.25, 0.3) is 0 Å². The molecule has 1 aliphatic heterocycles. The number of hydrogen-bond donors (Lipinski definition) is 3. The van der Waals surface area contributed by atoms with Crippen LogP contribution in [0.1, 0.15) is 17.5 Å². The maximum absolute atomic E-state index is 13.6. The highest BCUT2D eigenvalue weighted by Crippen LogP contribution is 2.29. The number of benzene rings is 1. The number of nitrogens with one attached hydrogen (secondary N) is 2. The molecule has 0 fully saturated rings. The summed E-state index contributed by atoms with van der Waals surface area (Å²) in [5, 5.41) is 14.5. The van der Waals surface area contributed by atoms with Crippen molar-refractivity contribution >= 4 is 6.03 Å². The number of aliphatic hydroxyl groups excluding tert-OH is 1. The first kappa shape index (κ1) is 17.5. The van der Waals surface area contributed by atoms with Crippen molar-refractivity contribution in [2.75, 3.05) is 27.1 Å². The Morgan fingerprint density at radius 1 is 1.52 bits per heavy atom. The van der Waals surface area contributed by atoms with Crippen molar-refractivity contribution in [3.63, 3.8) is 0 Å². The lowest BCUT2D eigenvalue weighted by Gasteiger charge is -2.21. The van der Waals surface area contributed by atoms with Crippen LogP contribution in [-0.2, 0) is 22.6 Å². The molecule has 1 aliphatic rings. The minimum Gasteiger partial charge on any atom is -0.467 e. The van der Waals surface area contributed by atoms with Gasteiger partial charge in [-0.25, -0.2) is 9.18 Å². The highest BCUT2D eigenvalue weighted by Gasteiger charge is 2.18. The highest BCUT2D eigenvalue weighted by molar-refractivity contribution is 5.74. The monoisotopic (exact) mass is 328 g/mol. The van der Waals surface area contributed by atoms with Gasteiger partial charge in [0, 0.05) is 31.4 Å². The SMILES string of the molecule is COCC[C@H](CO)NC(=O)NCc1cc(F)cc2c1OCOC2. The fourth-order valence-electron chi connectivity index (χ4n) is 2.27. The van der Waals surface area contributed by atoms with Gasteiger partial charge in [0.2, 0.25) is 0 Å². The molecule has 8 heteroatoms. The first-order valence-corrected chi connectivity index (χ1v) is 7.30. The molecule has 2 amide bonds. The number of halogens is 1. The zero-order valence-corrected chi connectivity index (χ0v) is 12.9. The van der Waals surface area contributed by atoms with E-state index < -0.39 is 17.9 Å². The van der Waals surface area contributed by atoms with Crippen molar-refractivity contribution in [1.82, 2.24) is 10.6 Å². The summed E-state index contributed by atoms with van der Waals surface area (Å²) in [4.78, 5) is 11.9. The van der Waals surface area contributed by atoms with Crippen molar-refractivity contribution in [2.45, 2.75) is 25.6 Å². The quantitative estimate of drug-likeness (QED) is 0.692. The number of methoxy groups -OCH3 is 1. The number of rotatable bonds is 7. The Morgan fingerprint density at radius 3 is 3.09 bits per heavy atom. The number of amides is 2. The lowest BCUT2D eigenvalue weighted by atomic mass is 10.1. The van der Waals surface area contributed by atoms with Crippen LogP contribution in [0.15, 0.2) is 12.1 Å². The molecular formula is C15H21FN2O5. The lowest BCUT2D eigenvalue weighted by molar-refractivity contribution is -0.0173. The third-order valence-electron chi connectivity index (χ3n) is 3.42. The van der Waals surface area contributed by atoms with Crippen molar-refractivity contribution in [1.29, 1.82) is 0 Å². The molecule has 23 heavy (non-hydrogen) atoms. The van der Waals surface area contributed by atoms with E-state index in [2.05, 4.69) is 10.6 Å². The number of ether oxygens (including phenoxy) is 3. The van der Waals surface area contributed by atoms with E-state index in [1.54, 1.807) is 7.11 Å². The second-order valence-electron chi connectivity index (χ2n) is 5.15. The van der Waals surface area contributed by atoms with Crippen LogP contribution < -0.4 is 15.4 Å². The van der Waals surface area contributed by atoms with Gasteiger partial charge in [0.15, 0.2) is 6.79 Å². The smallest absolute Gasteiger partial charge is 0.315 e. The summed E-state index contributed by atoms with van der Waals surface area (Å²) in [6, 6.07) is 1.81. The molecule has 1 heterocycles. The number of hydrogen-bond acceptors (Lipinski definition) is 5. The molecule has 0 radical (unpaired) electrons. The number of carbonyl (C=O) groups is 1. The van der Waals surface area contributed by atoms with E-state index >= 15 is 0 Å². The van der Waals surface area contributed by atoms with Crippen LogP contribution in [0.4, 0.5) is 9.18 Å². The van der Waals surface area contributed by atoms with Gasteiger partial charge >= 0.3 is 6.03 Å². The van der Waals surface area contributed by atoms with E-state index in [1.165, 1.54) is 12.1 Å². The van der Waals surface area contributed by atoms with Crippen LogP contribution in [0, 0.1) is 5.82 Å². The standard InChI is InChI=1S/C15H21FN2O5/c1-21-3-2-13(7-19)18-15(20)17-6-10-4-12(16)5-11-8-22-9-23-14(10)11/h4-5,13,19H,2-3,6-9H2,1H3,(H2,17,18,20)/t13-/m1/s1. The first-order valence-electron chi connectivity index (χ1n) is 7.30. The Kier molecular flexibility index (Phi) is 6.57. The maximum atomic E-state index is 13.6. The molecule has 128 valence electrons. The molecule has 2 rings (SSSR count). The molecular weight excluding hydrogens is 307 g/mol. The van der Waals surface area contributed by atoms with E-state index in [4.69, 9.17) is 14.2 Å². The van der Waals surface area contributed by atoms with E-state index in [0.717, 1.165) is 0 Å². The third-order valence-corrected chi connectivity index (χ3v) is 3.42. The first-order chi connectivity index (χ1) is 11.1. The summed E-state index contributed by atoms with van der Waals surface area (Å²) >= 11 is 0. The van der Waals surface area contributed by atoms with Gasteiger partial charge in [0.1, 0.15) is 11.6 Å². The Bertz CT molecular complexity index is 541. The van der Waals surface area contributed by atoms with Gasteiger partial charge < -0.3 is 30.0 Å². The van der Waals surface area contributed by atoms with E-state index in [0.29, 0.717) is 29.9 Å². The molecule has 1 atom stereocenters.